The molecule has 0 atom stereocenters. The molecule has 0 aliphatic rings. The standard InChI is InChI=1S/C12H14N2O4S/c1-12(2,19(3,16)17)11-13-10(14-18-11)8-4-6-9(15)7-5-8/h4-7,15H,1-3H3. The van der Waals surface area contributed by atoms with Gasteiger partial charge in [0, 0.05) is 11.8 Å². The van der Waals surface area contributed by atoms with Crippen LogP contribution in [0.3, 0.4) is 0 Å². The Balaban J connectivity index is 2.42. The maximum absolute atomic E-state index is 11.7. The van der Waals surface area contributed by atoms with Crippen LogP contribution in [0.5, 0.6) is 5.75 Å². The second-order valence-corrected chi connectivity index (χ2v) is 7.32. The van der Waals surface area contributed by atoms with Gasteiger partial charge in [-0.3, -0.25) is 0 Å². The Hall–Kier alpha value is -1.89. The van der Waals surface area contributed by atoms with E-state index < -0.39 is 14.6 Å². The van der Waals surface area contributed by atoms with Crippen molar-refractivity contribution in [3.8, 4) is 17.1 Å². The van der Waals surface area contributed by atoms with Gasteiger partial charge >= 0.3 is 0 Å². The number of sulfone groups is 1. The highest BCUT2D eigenvalue weighted by Crippen LogP contribution is 2.29. The molecule has 0 bridgehead atoms. The van der Waals surface area contributed by atoms with Gasteiger partial charge in [0.1, 0.15) is 10.5 Å². The third-order valence-electron chi connectivity index (χ3n) is 2.99. The first-order valence-corrected chi connectivity index (χ1v) is 7.44. The SMILES string of the molecule is CC(C)(c1nc(-c2ccc(O)cc2)no1)S(C)(=O)=O. The zero-order chi connectivity index (χ0) is 14.3. The zero-order valence-corrected chi connectivity index (χ0v) is 11.6. The largest absolute Gasteiger partial charge is 0.508 e. The highest BCUT2D eigenvalue weighted by atomic mass is 32.2. The molecule has 0 amide bonds. The van der Waals surface area contributed by atoms with Gasteiger partial charge in [-0.15, -0.1) is 0 Å². The number of nitrogens with zero attached hydrogens (tertiary/aromatic N) is 2. The Morgan fingerprint density at radius 3 is 2.32 bits per heavy atom. The van der Waals surface area contributed by atoms with E-state index >= 15 is 0 Å². The van der Waals surface area contributed by atoms with Crippen molar-refractivity contribution in [2.45, 2.75) is 18.6 Å². The molecule has 0 saturated heterocycles. The van der Waals surface area contributed by atoms with E-state index in [0.29, 0.717) is 5.56 Å². The van der Waals surface area contributed by atoms with Crippen molar-refractivity contribution < 1.29 is 18.0 Å². The van der Waals surface area contributed by atoms with E-state index in [-0.39, 0.29) is 17.5 Å². The fourth-order valence-corrected chi connectivity index (χ4v) is 1.75. The summed E-state index contributed by atoms with van der Waals surface area (Å²) in [6.07, 6.45) is 1.12. The number of benzene rings is 1. The fourth-order valence-electron chi connectivity index (χ4n) is 1.35. The Labute approximate surface area is 111 Å². The first kappa shape index (κ1) is 13.5. The second-order valence-electron chi connectivity index (χ2n) is 4.75. The Bertz CT molecular complexity index is 687. The fraction of sp³-hybridized carbons (Fsp3) is 0.333. The molecule has 6 nitrogen and oxygen atoms in total. The summed E-state index contributed by atoms with van der Waals surface area (Å²) in [6, 6.07) is 6.23. The molecule has 0 aliphatic carbocycles. The van der Waals surface area contributed by atoms with Crippen molar-refractivity contribution in [1.82, 2.24) is 10.1 Å². The molecule has 2 rings (SSSR count). The molecule has 0 aliphatic heterocycles. The topological polar surface area (TPSA) is 93.3 Å². The maximum Gasteiger partial charge on any atom is 0.247 e. The van der Waals surface area contributed by atoms with Crippen LogP contribution >= 0.6 is 0 Å². The van der Waals surface area contributed by atoms with Gasteiger partial charge in [-0.2, -0.15) is 4.98 Å². The van der Waals surface area contributed by atoms with E-state index in [0.717, 1.165) is 6.26 Å². The summed E-state index contributed by atoms with van der Waals surface area (Å²) in [4.78, 5) is 4.11. The molecular formula is C12H14N2O4S. The summed E-state index contributed by atoms with van der Waals surface area (Å²) >= 11 is 0. The summed E-state index contributed by atoms with van der Waals surface area (Å²) in [5.74, 6) is 0.453. The van der Waals surface area contributed by atoms with Crippen LogP contribution in [0, 0.1) is 0 Å². The molecular weight excluding hydrogens is 268 g/mol. The van der Waals surface area contributed by atoms with Crippen LogP contribution in [0.1, 0.15) is 19.7 Å². The van der Waals surface area contributed by atoms with Gasteiger partial charge in [0.05, 0.1) is 0 Å². The Kier molecular flexibility index (Phi) is 3.09. The van der Waals surface area contributed by atoms with Crippen LogP contribution < -0.4 is 0 Å². The van der Waals surface area contributed by atoms with Gasteiger partial charge in [0.2, 0.25) is 11.7 Å². The van der Waals surface area contributed by atoms with Crippen molar-refractivity contribution in [3.05, 3.63) is 30.2 Å². The number of aromatic hydroxyl groups is 1. The first-order valence-electron chi connectivity index (χ1n) is 5.55. The molecule has 0 spiro atoms. The number of phenols is 1. The van der Waals surface area contributed by atoms with Gasteiger partial charge < -0.3 is 9.63 Å². The average Bonchev–Trinajstić information content (AvgIpc) is 2.78. The minimum atomic E-state index is -3.37. The monoisotopic (exact) mass is 282 g/mol. The van der Waals surface area contributed by atoms with Crippen molar-refractivity contribution >= 4 is 9.84 Å². The van der Waals surface area contributed by atoms with Crippen LogP contribution in [0.2, 0.25) is 0 Å². The third-order valence-corrected chi connectivity index (χ3v) is 5.02. The van der Waals surface area contributed by atoms with Crippen molar-refractivity contribution in [2.75, 3.05) is 6.26 Å². The Morgan fingerprint density at radius 2 is 1.79 bits per heavy atom. The van der Waals surface area contributed by atoms with E-state index in [4.69, 9.17) is 4.52 Å². The highest BCUT2D eigenvalue weighted by molar-refractivity contribution is 7.91. The van der Waals surface area contributed by atoms with Crippen molar-refractivity contribution in [3.63, 3.8) is 0 Å². The molecule has 102 valence electrons. The van der Waals surface area contributed by atoms with E-state index in [2.05, 4.69) is 10.1 Å². The molecule has 7 heteroatoms. The lowest BCUT2D eigenvalue weighted by atomic mass is 10.2. The van der Waals surface area contributed by atoms with Gasteiger partial charge in [0.25, 0.3) is 0 Å². The molecule has 1 N–H and O–H groups in total. The van der Waals surface area contributed by atoms with Crippen LogP contribution in [-0.4, -0.2) is 29.9 Å². The zero-order valence-electron chi connectivity index (χ0n) is 10.8. The predicted molar refractivity (Wildman–Crippen MR) is 69.3 cm³/mol. The molecule has 0 saturated carbocycles. The van der Waals surface area contributed by atoms with E-state index in [1.54, 1.807) is 12.1 Å². The normalized spacial score (nSPS) is 12.6. The Morgan fingerprint density at radius 1 is 1.21 bits per heavy atom. The number of phenolic OH excluding ortho intramolecular Hbond substituents is 1. The summed E-state index contributed by atoms with van der Waals surface area (Å²) < 4.78 is 27.2. The van der Waals surface area contributed by atoms with Crippen LogP contribution in [0.25, 0.3) is 11.4 Å². The summed E-state index contributed by atoms with van der Waals surface area (Å²) in [7, 11) is -3.37. The number of aromatic nitrogens is 2. The minimum Gasteiger partial charge on any atom is -0.508 e. The van der Waals surface area contributed by atoms with Crippen LogP contribution in [0.15, 0.2) is 28.8 Å². The second kappa shape index (κ2) is 4.34. The summed E-state index contributed by atoms with van der Waals surface area (Å²) in [5.41, 5.74) is 0.636. The summed E-state index contributed by atoms with van der Waals surface area (Å²) in [5, 5.41) is 13.0. The minimum absolute atomic E-state index is 0.0399. The van der Waals surface area contributed by atoms with Gasteiger partial charge in [-0.1, -0.05) is 5.16 Å². The van der Waals surface area contributed by atoms with Crippen molar-refractivity contribution in [2.24, 2.45) is 0 Å². The maximum atomic E-state index is 11.7. The van der Waals surface area contributed by atoms with E-state index in [1.165, 1.54) is 26.0 Å². The molecule has 1 aromatic carbocycles. The molecule has 0 fully saturated rings. The molecule has 19 heavy (non-hydrogen) atoms. The first-order chi connectivity index (χ1) is 8.72. The number of rotatable bonds is 3. The molecule has 0 unspecified atom stereocenters. The van der Waals surface area contributed by atoms with Crippen LogP contribution in [0.4, 0.5) is 0 Å². The van der Waals surface area contributed by atoms with Gasteiger partial charge in [-0.05, 0) is 38.1 Å². The lowest BCUT2D eigenvalue weighted by Gasteiger charge is -2.16. The highest BCUT2D eigenvalue weighted by Gasteiger charge is 2.38. The quantitative estimate of drug-likeness (QED) is 0.921. The lowest BCUT2D eigenvalue weighted by molar-refractivity contribution is 0.348. The van der Waals surface area contributed by atoms with Gasteiger partial charge in [-0.25, -0.2) is 8.42 Å². The van der Waals surface area contributed by atoms with Gasteiger partial charge in [0.15, 0.2) is 9.84 Å². The molecule has 1 heterocycles. The van der Waals surface area contributed by atoms with E-state index in [1.807, 2.05) is 0 Å². The molecule has 1 aromatic heterocycles. The van der Waals surface area contributed by atoms with E-state index in [9.17, 15) is 13.5 Å². The lowest BCUT2D eigenvalue weighted by Crippen LogP contribution is -2.28. The van der Waals surface area contributed by atoms with Crippen molar-refractivity contribution in [1.29, 1.82) is 0 Å². The number of hydrogen-bond donors (Lipinski definition) is 1. The molecule has 0 radical (unpaired) electrons. The predicted octanol–water partition coefficient (Wildman–Crippen LogP) is 1.72. The average molecular weight is 282 g/mol. The third kappa shape index (κ3) is 2.46. The van der Waals surface area contributed by atoms with Crippen LogP contribution in [-0.2, 0) is 14.6 Å². The molecule has 2 aromatic rings. The number of hydrogen-bond acceptors (Lipinski definition) is 6. The summed E-state index contributed by atoms with van der Waals surface area (Å²) in [6.45, 7) is 3.02. The smallest absolute Gasteiger partial charge is 0.247 e.